The molecule has 1 spiro atoms. The van der Waals surface area contributed by atoms with Crippen LogP contribution in [0.2, 0.25) is 0 Å². The van der Waals surface area contributed by atoms with Gasteiger partial charge in [-0.25, -0.2) is 13.9 Å². The van der Waals surface area contributed by atoms with E-state index in [1.54, 1.807) is 47.5 Å². The summed E-state index contributed by atoms with van der Waals surface area (Å²) < 4.78 is 21.3. The van der Waals surface area contributed by atoms with Gasteiger partial charge in [0.25, 0.3) is 0 Å². The maximum absolute atomic E-state index is 14.0. The Kier molecular flexibility index (Phi) is 5.47. The average Bonchev–Trinajstić information content (AvgIpc) is 3.44. The van der Waals surface area contributed by atoms with Crippen molar-refractivity contribution in [3.63, 3.8) is 0 Å². The van der Waals surface area contributed by atoms with Crippen molar-refractivity contribution in [1.29, 1.82) is 5.26 Å². The van der Waals surface area contributed by atoms with Gasteiger partial charge in [0.1, 0.15) is 22.9 Å². The number of nitrogens with zero attached hydrogens (tertiary/aromatic N) is 4. The first-order chi connectivity index (χ1) is 16.0. The first-order valence-electron chi connectivity index (χ1n) is 11.1. The Balaban J connectivity index is 1.16. The van der Waals surface area contributed by atoms with Gasteiger partial charge in [-0.15, -0.1) is 0 Å². The van der Waals surface area contributed by atoms with Crippen molar-refractivity contribution in [1.82, 2.24) is 9.78 Å². The second-order valence-electron chi connectivity index (χ2n) is 8.72. The molecule has 2 fully saturated rings. The van der Waals surface area contributed by atoms with Crippen molar-refractivity contribution in [3.05, 3.63) is 72.2 Å². The minimum Gasteiger partial charge on any atom is -0.441 e. The lowest BCUT2D eigenvalue weighted by atomic mass is 9.78. The first-order valence-corrected chi connectivity index (χ1v) is 11.1. The van der Waals surface area contributed by atoms with Crippen LogP contribution >= 0.6 is 0 Å². The normalized spacial score (nSPS) is 22.2. The Morgan fingerprint density at radius 1 is 1.18 bits per heavy atom. The van der Waals surface area contributed by atoms with Gasteiger partial charge < -0.3 is 10.1 Å². The molecule has 1 saturated heterocycles. The minimum atomic E-state index is -0.470. The topological polar surface area (TPSA) is 83.2 Å². The van der Waals surface area contributed by atoms with E-state index in [9.17, 15) is 9.18 Å². The van der Waals surface area contributed by atoms with Crippen LogP contribution < -0.4 is 10.2 Å². The number of rotatable bonds is 5. The number of anilines is 2. The lowest BCUT2D eigenvalue weighted by Crippen LogP contribution is -2.39. The highest BCUT2D eigenvalue weighted by atomic mass is 19.1. The summed E-state index contributed by atoms with van der Waals surface area (Å²) >= 11 is 0. The summed E-state index contributed by atoms with van der Waals surface area (Å²) in [6, 6.07) is 17.5. The Morgan fingerprint density at radius 2 is 2.00 bits per heavy atom. The van der Waals surface area contributed by atoms with E-state index in [1.165, 1.54) is 10.7 Å². The number of nitriles is 1. The van der Waals surface area contributed by atoms with Crippen molar-refractivity contribution in [2.24, 2.45) is 5.92 Å². The van der Waals surface area contributed by atoms with Crippen LogP contribution in [0, 0.1) is 23.1 Å². The smallest absolute Gasteiger partial charge is 0.415 e. The number of hydrogen-bond acceptors (Lipinski definition) is 5. The molecule has 1 aromatic heterocycles. The number of para-hydroxylation sites is 1. The molecule has 3 aromatic rings. The predicted octanol–water partition coefficient (Wildman–Crippen LogP) is 4.88. The number of amides is 1. The van der Waals surface area contributed by atoms with Gasteiger partial charge in [0, 0.05) is 24.5 Å². The molecule has 0 unspecified atom stereocenters. The molecule has 2 aromatic carbocycles. The summed E-state index contributed by atoms with van der Waals surface area (Å²) in [5, 5.41) is 16.9. The van der Waals surface area contributed by atoms with E-state index in [-0.39, 0.29) is 11.9 Å². The molecule has 1 saturated carbocycles. The zero-order valence-electron chi connectivity index (χ0n) is 18.1. The van der Waals surface area contributed by atoms with E-state index >= 15 is 0 Å². The molecule has 1 amide bonds. The molecule has 1 N–H and O–H groups in total. The molecule has 0 atom stereocenters. The molecule has 1 aliphatic carbocycles. The van der Waals surface area contributed by atoms with Crippen LogP contribution in [0.15, 0.2) is 60.8 Å². The average molecular weight is 445 g/mol. The van der Waals surface area contributed by atoms with Crippen molar-refractivity contribution >= 4 is 17.6 Å². The lowest BCUT2D eigenvalue weighted by molar-refractivity contribution is 0.0148. The maximum Gasteiger partial charge on any atom is 0.415 e. The van der Waals surface area contributed by atoms with Crippen molar-refractivity contribution in [3.8, 4) is 11.8 Å². The SMILES string of the molecule is N#Cc1cccc(N2CC3(CCC(CNc4ccn(-c5ccccc5F)n4)CC3)OC2=O)c1. The quantitative estimate of drug-likeness (QED) is 0.605. The van der Waals surface area contributed by atoms with Gasteiger partial charge >= 0.3 is 6.09 Å². The molecule has 33 heavy (non-hydrogen) atoms. The lowest BCUT2D eigenvalue weighted by Gasteiger charge is -2.35. The Labute approximate surface area is 191 Å². The molecule has 2 aliphatic rings. The van der Waals surface area contributed by atoms with Gasteiger partial charge in [-0.3, -0.25) is 4.90 Å². The summed E-state index contributed by atoms with van der Waals surface area (Å²) in [5.74, 6) is 0.822. The van der Waals surface area contributed by atoms with Crippen LogP contribution in [0.4, 0.5) is 20.7 Å². The summed E-state index contributed by atoms with van der Waals surface area (Å²) in [4.78, 5) is 14.2. The number of halogens is 1. The van der Waals surface area contributed by atoms with E-state index in [1.807, 2.05) is 12.1 Å². The van der Waals surface area contributed by atoms with E-state index in [2.05, 4.69) is 16.5 Å². The zero-order chi connectivity index (χ0) is 22.8. The third kappa shape index (κ3) is 4.27. The Hall–Kier alpha value is -3.86. The second-order valence-corrected chi connectivity index (χ2v) is 8.72. The van der Waals surface area contributed by atoms with E-state index in [4.69, 9.17) is 10.00 Å². The number of aromatic nitrogens is 2. The number of ether oxygens (including phenoxy) is 1. The highest BCUT2D eigenvalue weighted by molar-refractivity contribution is 5.90. The largest absolute Gasteiger partial charge is 0.441 e. The third-order valence-corrected chi connectivity index (χ3v) is 6.53. The molecule has 0 radical (unpaired) electrons. The second kappa shape index (κ2) is 8.58. The summed E-state index contributed by atoms with van der Waals surface area (Å²) in [6.07, 6.45) is 4.85. The number of nitrogens with one attached hydrogen (secondary N) is 1. The molecular weight excluding hydrogens is 421 g/mol. The Bertz CT molecular complexity index is 1210. The maximum atomic E-state index is 14.0. The fourth-order valence-corrected chi connectivity index (χ4v) is 4.67. The number of carbonyl (C=O) groups is 1. The van der Waals surface area contributed by atoms with Gasteiger partial charge in [0.05, 0.1) is 18.2 Å². The van der Waals surface area contributed by atoms with Gasteiger partial charge in [-0.2, -0.15) is 10.4 Å². The first kappa shape index (κ1) is 21.0. The Morgan fingerprint density at radius 3 is 2.79 bits per heavy atom. The fraction of sp³-hybridized carbons (Fsp3) is 0.320. The number of benzene rings is 2. The standard InChI is InChI=1S/C25H24FN5O2/c26-21-6-1-2-7-22(21)31-13-10-23(29-31)28-16-18-8-11-25(12-9-18)17-30(24(32)33-25)20-5-3-4-19(14-20)15-27/h1-7,10,13-14,18H,8-9,11-12,16-17H2,(H,28,29). The van der Waals surface area contributed by atoms with Crippen LogP contribution in [0.1, 0.15) is 31.2 Å². The zero-order valence-corrected chi connectivity index (χ0v) is 18.1. The van der Waals surface area contributed by atoms with E-state index < -0.39 is 5.60 Å². The van der Waals surface area contributed by atoms with Gasteiger partial charge in [0.2, 0.25) is 0 Å². The van der Waals surface area contributed by atoms with E-state index in [0.29, 0.717) is 35.2 Å². The third-order valence-electron chi connectivity index (χ3n) is 6.53. The molecule has 7 nitrogen and oxygen atoms in total. The molecular formula is C25H24FN5O2. The van der Waals surface area contributed by atoms with Crippen LogP contribution in [0.5, 0.6) is 0 Å². The van der Waals surface area contributed by atoms with Crippen molar-refractivity contribution in [2.45, 2.75) is 31.3 Å². The van der Waals surface area contributed by atoms with Crippen LogP contribution in [-0.4, -0.2) is 34.6 Å². The van der Waals surface area contributed by atoms with Gasteiger partial charge in [-0.05, 0) is 61.9 Å². The van der Waals surface area contributed by atoms with Crippen LogP contribution in [-0.2, 0) is 4.74 Å². The molecule has 2 heterocycles. The molecule has 5 rings (SSSR count). The highest BCUT2D eigenvalue weighted by Gasteiger charge is 2.47. The van der Waals surface area contributed by atoms with Gasteiger partial charge in [-0.1, -0.05) is 18.2 Å². The molecule has 8 heteroatoms. The van der Waals surface area contributed by atoms with Gasteiger partial charge in [0.15, 0.2) is 0 Å². The van der Waals surface area contributed by atoms with Crippen LogP contribution in [0.25, 0.3) is 5.69 Å². The molecule has 0 bridgehead atoms. The van der Waals surface area contributed by atoms with Crippen LogP contribution in [0.3, 0.4) is 0 Å². The van der Waals surface area contributed by atoms with Crippen molar-refractivity contribution in [2.75, 3.05) is 23.3 Å². The summed E-state index contributed by atoms with van der Waals surface area (Å²) in [6.45, 7) is 1.26. The number of hydrogen-bond donors (Lipinski definition) is 1. The summed E-state index contributed by atoms with van der Waals surface area (Å²) in [5.41, 5.74) is 1.17. The molecule has 1 aliphatic heterocycles. The minimum absolute atomic E-state index is 0.316. The monoisotopic (exact) mass is 445 g/mol. The highest BCUT2D eigenvalue weighted by Crippen LogP contribution is 2.41. The van der Waals surface area contributed by atoms with Crippen molar-refractivity contribution < 1.29 is 13.9 Å². The fourth-order valence-electron chi connectivity index (χ4n) is 4.67. The molecule has 168 valence electrons. The summed E-state index contributed by atoms with van der Waals surface area (Å²) in [7, 11) is 0. The van der Waals surface area contributed by atoms with E-state index in [0.717, 1.165) is 32.2 Å². The predicted molar refractivity (Wildman–Crippen MR) is 122 cm³/mol. The number of carbonyl (C=O) groups excluding carboxylic acids is 1.